The highest BCUT2D eigenvalue weighted by Crippen LogP contribution is 2.28. The van der Waals surface area contributed by atoms with Gasteiger partial charge in [-0.3, -0.25) is 10.0 Å². The lowest BCUT2D eigenvalue weighted by Crippen LogP contribution is -2.29. The van der Waals surface area contributed by atoms with Crippen molar-refractivity contribution in [2.24, 2.45) is 5.92 Å². The number of hydroxylamine groups is 1. The van der Waals surface area contributed by atoms with Gasteiger partial charge in [0.15, 0.2) is 0 Å². The van der Waals surface area contributed by atoms with E-state index in [2.05, 4.69) is 0 Å². The molecule has 0 aliphatic carbocycles. The number of amides is 1. The summed E-state index contributed by atoms with van der Waals surface area (Å²) in [6.45, 7) is 0. The lowest BCUT2D eigenvalue weighted by atomic mass is 9.90. The average Bonchev–Trinajstić information content (AvgIpc) is 2.84. The third-order valence-electron chi connectivity index (χ3n) is 5.66. The molecule has 0 radical (unpaired) electrons. The molecular weight excluding hydrogens is 406 g/mol. The van der Waals surface area contributed by atoms with E-state index in [1.165, 1.54) is 0 Å². The van der Waals surface area contributed by atoms with Gasteiger partial charge in [0.25, 0.3) is 0 Å². The normalized spacial score (nSPS) is 12.7. The number of aromatic hydroxyl groups is 1. The number of benzene rings is 3. The van der Waals surface area contributed by atoms with Gasteiger partial charge in [-0.2, -0.15) is 0 Å². The highest BCUT2D eigenvalue weighted by Gasteiger charge is 2.22. The zero-order valence-electron chi connectivity index (χ0n) is 18.1. The number of phenolic OH excluding ortho intramolecular Hbond substituents is 1. The Morgan fingerprint density at radius 1 is 0.938 bits per heavy atom. The fraction of sp³-hybridized carbons (Fsp3) is 0.269. The van der Waals surface area contributed by atoms with Gasteiger partial charge in [0.1, 0.15) is 11.5 Å². The molecule has 0 spiro atoms. The minimum Gasteiger partial charge on any atom is -0.508 e. The molecule has 0 aliphatic heterocycles. The number of aliphatic hydroxyl groups is 1. The lowest BCUT2D eigenvalue weighted by Gasteiger charge is -2.19. The molecule has 2 unspecified atom stereocenters. The first-order valence-corrected chi connectivity index (χ1v) is 10.6. The molecule has 6 heteroatoms. The first-order valence-electron chi connectivity index (χ1n) is 10.6. The number of hydrogen-bond donors (Lipinski definition) is 4. The minimum atomic E-state index is -0.823. The third kappa shape index (κ3) is 6.33. The Hall–Kier alpha value is -3.35. The van der Waals surface area contributed by atoms with Crippen molar-refractivity contribution in [2.45, 2.75) is 31.8 Å². The van der Waals surface area contributed by atoms with Crippen LogP contribution in [0.3, 0.4) is 0 Å². The Morgan fingerprint density at radius 2 is 1.53 bits per heavy atom. The number of aliphatic hydroxyl groups excluding tert-OH is 1. The molecular formula is C26H29NO5. The molecule has 2 atom stereocenters. The van der Waals surface area contributed by atoms with Gasteiger partial charge in [0, 0.05) is 5.92 Å². The van der Waals surface area contributed by atoms with Crippen LogP contribution in [0.15, 0.2) is 72.8 Å². The SMILES string of the molecule is COc1ccc(-c2ccc(C(O)CC(CCCc3ccc(O)cc3)C(=O)NO)cc2)cc1. The van der Waals surface area contributed by atoms with Crippen molar-refractivity contribution < 1.29 is 25.0 Å². The fourth-order valence-electron chi connectivity index (χ4n) is 3.75. The van der Waals surface area contributed by atoms with Gasteiger partial charge < -0.3 is 14.9 Å². The molecule has 0 fully saturated rings. The van der Waals surface area contributed by atoms with Gasteiger partial charge in [-0.1, -0.05) is 48.5 Å². The number of carbonyl (C=O) groups excluding carboxylic acids is 1. The molecule has 3 aromatic rings. The standard InChI is InChI=1S/C26H29NO5/c1-32-24-15-11-20(12-16-24)19-7-9-21(10-8-19)25(29)17-22(26(30)27-31)4-2-3-18-5-13-23(28)14-6-18/h5-16,22,25,28-29,31H,2-4,17H2,1H3,(H,27,30). The van der Waals surface area contributed by atoms with Gasteiger partial charge in [0.05, 0.1) is 13.2 Å². The summed E-state index contributed by atoms with van der Waals surface area (Å²) in [5, 5.41) is 29.2. The van der Waals surface area contributed by atoms with Crippen molar-refractivity contribution in [2.75, 3.05) is 7.11 Å². The summed E-state index contributed by atoms with van der Waals surface area (Å²) < 4.78 is 5.19. The zero-order chi connectivity index (χ0) is 22.9. The Kier molecular flexibility index (Phi) is 8.25. The Balaban J connectivity index is 1.60. The van der Waals surface area contributed by atoms with Crippen molar-refractivity contribution in [3.05, 3.63) is 83.9 Å². The van der Waals surface area contributed by atoms with Gasteiger partial charge in [0.2, 0.25) is 5.91 Å². The predicted molar refractivity (Wildman–Crippen MR) is 122 cm³/mol. The van der Waals surface area contributed by atoms with Gasteiger partial charge >= 0.3 is 0 Å². The predicted octanol–water partition coefficient (Wildman–Crippen LogP) is 4.64. The first-order chi connectivity index (χ1) is 15.5. The van der Waals surface area contributed by atoms with Crippen LogP contribution >= 0.6 is 0 Å². The van der Waals surface area contributed by atoms with Crippen molar-refractivity contribution in [1.82, 2.24) is 5.48 Å². The van der Waals surface area contributed by atoms with E-state index in [1.807, 2.05) is 60.7 Å². The number of hydrogen-bond acceptors (Lipinski definition) is 5. The molecule has 0 bridgehead atoms. The van der Waals surface area contributed by atoms with Crippen LogP contribution in [0.2, 0.25) is 0 Å². The fourth-order valence-corrected chi connectivity index (χ4v) is 3.75. The van der Waals surface area contributed by atoms with Crippen LogP contribution in [-0.4, -0.2) is 28.4 Å². The summed E-state index contributed by atoms with van der Waals surface area (Å²) in [5.74, 6) is -0.00943. The largest absolute Gasteiger partial charge is 0.508 e. The number of nitrogens with one attached hydrogen (secondary N) is 1. The minimum absolute atomic E-state index is 0.212. The number of carbonyl (C=O) groups is 1. The molecule has 4 N–H and O–H groups in total. The highest BCUT2D eigenvalue weighted by atomic mass is 16.5. The Labute approximate surface area is 188 Å². The molecule has 3 rings (SSSR count). The van der Waals surface area contributed by atoms with E-state index in [9.17, 15) is 15.0 Å². The maximum Gasteiger partial charge on any atom is 0.246 e. The average molecular weight is 436 g/mol. The monoisotopic (exact) mass is 435 g/mol. The van der Waals surface area contributed by atoms with Gasteiger partial charge in [-0.05, 0) is 72.2 Å². The van der Waals surface area contributed by atoms with Crippen LogP contribution in [0.4, 0.5) is 0 Å². The number of aryl methyl sites for hydroxylation is 1. The van der Waals surface area contributed by atoms with Gasteiger partial charge in [-0.15, -0.1) is 0 Å². The number of methoxy groups -OCH3 is 1. The summed E-state index contributed by atoms with van der Waals surface area (Å²) in [6, 6.07) is 22.3. The summed E-state index contributed by atoms with van der Waals surface area (Å²) in [4.78, 5) is 12.1. The topological polar surface area (TPSA) is 99.0 Å². The van der Waals surface area contributed by atoms with E-state index >= 15 is 0 Å². The maximum atomic E-state index is 12.1. The first kappa shape index (κ1) is 23.3. The van der Waals surface area contributed by atoms with E-state index in [0.717, 1.165) is 34.4 Å². The van der Waals surface area contributed by atoms with E-state index in [-0.39, 0.29) is 12.2 Å². The summed E-state index contributed by atoms with van der Waals surface area (Å²) >= 11 is 0. The molecule has 0 saturated carbocycles. The van der Waals surface area contributed by atoms with E-state index in [0.29, 0.717) is 12.8 Å². The summed E-state index contributed by atoms with van der Waals surface area (Å²) in [6.07, 6.45) is 1.36. The number of ether oxygens (including phenoxy) is 1. The molecule has 0 aliphatic rings. The molecule has 1 amide bonds. The molecule has 3 aromatic carbocycles. The molecule has 168 valence electrons. The van der Waals surface area contributed by atoms with Crippen molar-refractivity contribution >= 4 is 5.91 Å². The smallest absolute Gasteiger partial charge is 0.246 e. The number of phenols is 1. The van der Waals surface area contributed by atoms with Crippen LogP contribution in [0, 0.1) is 5.92 Å². The quantitative estimate of drug-likeness (QED) is 0.275. The zero-order valence-corrected chi connectivity index (χ0v) is 18.1. The molecule has 32 heavy (non-hydrogen) atoms. The molecule has 0 saturated heterocycles. The highest BCUT2D eigenvalue weighted by molar-refractivity contribution is 5.77. The van der Waals surface area contributed by atoms with Crippen molar-refractivity contribution in [3.8, 4) is 22.6 Å². The van der Waals surface area contributed by atoms with Crippen LogP contribution in [0.25, 0.3) is 11.1 Å². The van der Waals surface area contributed by atoms with Crippen LogP contribution in [0.5, 0.6) is 11.5 Å². The lowest BCUT2D eigenvalue weighted by molar-refractivity contribution is -0.134. The Bertz CT molecular complexity index is 984. The number of rotatable bonds is 10. The van der Waals surface area contributed by atoms with Crippen molar-refractivity contribution in [1.29, 1.82) is 0 Å². The molecule has 0 heterocycles. The van der Waals surface area contributed by atoms with Crippen LogP contribution in [-0.2, 0) is 11.2 Å². The summed E-state index contributed by atoms with van der Waals surface area (Å²) in [5.41, 5.74) is 5.56. The van der Waals surface area contributed by atoms with E-state index < -0.39 is 17.9 Å². The Morgan fingerprint density at radius 3 is 2.09 bits per heavy atom. The maximum absolute atomic E-state index is 12.1. The second-order valence-corrected chi connectivity index (χ2v) is 7.83. The van der Waals surface area contributed by atoms with Crippen molar-refractivity contribution in [3.63, 3.8) is 0 Å². The molecule has 6 nitrogen and oxygen atoms in total. The van der Waals surface area contributed by atoms with Crippen LogP contribution < -0.4 is 10.2 Å². The summed E-state index contributed by atoms with van der Waals surface area (Å²) in [7, 11) is 1.63. The van der Waals surface area contributed by atoms with E-state index in [4.69, 9.17) is 9.94 Å². The van der Waals surface area contributed by atoms with Gasteiger partial charge in [-0.25, -0.2) is 5.48 Å². The second-order valence-electron chi connectivity index (χ2n) is 7.83. The second kappa shape index (κ2) is 11.3. The van der Waals surface area contributed by atoms with Crippen LogP contribution in [0.1, 0.15) is 36.5 Å². The van der Waals surface area contributed by atoms with E-state index in [1.54, 1.807) is 24.7 Å². The third-order valence-corrected chi connectivity index (χ3v) is 5.66. The molecule has 0 aromatic heterocycles.